The van der Waals surface area contributed by atoms with Gasteiger partial charge in [0.05, 0.1) is 29.9 Å². The Kier molecular flexibility index (Phi) is 5.23. The summed E-state index contributed by atoms with van der Waals surface area (Å²) >= 11 is 5.85. The van der Waals surface area contributed by atoms with Crippen LogP contribution in [0.3, 0.4) is 0 Å². The highest BCUT2D eigenvalue weighted by Gasteiger charge is 2.14. The second-order valence-corrected chi connectivity index (χ2v) is 5.82. The van der Waals surface area contributed by atoms with Gasteiger partial charge in [0.15, 0.2) is 5.69 Å². The Bertz CT molecular complexity index is 978. The number of fused-ring (bicyclic) bond motifs is 1. The number of rotatable bonds is 5. The van der Waals surface area contributed by atoms with Gasteiger partial charge in [0.1, 0.15) is 11.6 Å². The summed E-state index contributed by atoms with van der Waals surface area (Å²) in [7, 11) is 1.29. The lowest BCUT2D eigenvalue weighted by molar-refractivity contribution is 0.0594. The van der Waals surface area contributed by atoms with Crippen LogP contribution in [0.15, 0.2) is 42.5 Å². The number of methoxy groups -OCH3 is 1. The summed E-state index contributed by atoms with van der Waals surface area (Å²) in [6.45, 7) is 2.41. The van der Waals surface area contributed by atoms with Crippen molar-refractivity contribution in [1.29, 1.82) is 0 Å². The molecule has 0 fully saturated rings. The number of carbonyl (C=O) groups is 1. The smallest absolute Gasteiger partial charge is 0.356 e. The van der Waals surface area contributed by atoms with Gasteiger partial charge in [-0.25, -0.2) is 14.2 Å². The summed E-state index contributed by atoms with van der Waals surface area (Å²) < 4.78 is 23.7. The maximum atomic E-state index is 13.4. The molecular weight excluding hydrogens is 359 g/mol. The molecule has 5 nitrogen and oxygen atoms in total. The Balaban J connectivity index is 2.13. The molecule has 0 saturated heterocycles. The minimum absolute atomic E-state index is 0.00319. The lowest BCUT2D eigenvalue weighted by Crippen LogP contribution is -2.06. The quantitative estimate of drug-likeness (QED) is 0.640. The number of esters is 1. The van der Waals surface area contributed by atoms with Crippen molar-refractivity contribution in [1.82, 2.24) is 4.98 Å². The van der Waals surface area contributed by atoms with Crippen LogP contribution in [0.4, 0.5) is 15.8 Å². The summed E-state index contributed by atoms with van der Waals surface area (Å²) in [4.78, 5) is 16.2. The molecule has 26 heavy (non-hydrogen) atoms. The lowest BCUT2D eigenvalue weighted by Gasteiger charge is -2.13. The average Bonchev–Trinajstić information content (AvgIpc) is 2.64. The monoisotopic (exact) mass is 374 g/mol. The van der Waals surface area contributed by atoms with E-state index in [1.165, 1.54) is 19.2 Å². The van der Waals surface area contributed by atoms with Gasteiger partial charge in [-0.2, -0.15) is 0 Å². The number of hydrogen-bond acceptors (Lipinski definition) is 5. The van der Waals surface area contributed by atoms with Gasteiger partial charge < -0.3 is 14.8 Å². The lowest BCUT2D eigenvalue weighted by atomic mass is 10.1. The number of nitrogens with zero attached hydrogens (tertiary/aromatic N) is 1. The first kappa shape index (κ1) is 17.9. The molecule has 3 rings (SSSR count). The van der Waals surface area contributed by atoms with Crippen LogP contribution in [-0.2, 0) is 4.74 Å². The second-order valence-electron chi connectivity index (χ2n) is 5.41. The van der Waals surface area contributed by atoms with Crippen LogP contribution < -0.4 is 10.1 Å². The van der Waals surface area contributed by atoms with Crippen molar-refractivity contribution < 1.29 is 18.7 Å². The zero-order chi connectivity index (χ0) is 18.7. The summed E-state index contributed by atoms with van der Waals surface area (Å²) in [5.41, 5.74) is 1.91. The minimum Gasteiger partial charge on any atom is -0.494 e. The molecule has 3 aromatic rings. The first-order valence-corrected chi connectivity index (χ1v) is 8.27. The highest BCUT2D eigenvalue weighted by molar-refractivity contribution is 6.31. The molecule has 1 heterocycles. The topological polar surface area (TPSA) is 60.5 Å². The van der Waals surface area contributed by atoms with Crippen LogP contribution >= 0.6 is 11.6 Å². The predicted molar refractivity (Wildman–Crippen MR) is 98.9 cm³/mol. The number of benzene rings is 2. The van der Waals surface area contributed by atoms with Crippen LogP contribution in [0.1, 0.15) is 17.4 Å². The van der Waals surface area contributed by atoms with E-state index in [0.29, 0.717) is 29.2 Å². The molecule has 0 amide bonds. The van der Waals surface area contributed by atoms with Crippen molar-refractivity contribution in [3.05, 3.63) is 59.0 Å². The highest BCUT2D eigenvalue weighted by atomic mass is 35.5. The molecule has 0 atom stereocenters. The standard InChI is InChI=1S/C19H16ClFN2O3/c1-3-26-12-5-7-16-13(9-12)17(10-18(23-16)19(24)25-2)22-11-4-6-15(21)14(20)8-11/h4-10H,3H2,1-2H3,(H,22,23). The van der Waals surface area contributed by atoms with E-state index in [4.69, 9.17) is 21.1 Å². The van der Waals surface area contributed by atoms with E-state index >= 15 is 0 Å². The number of halogens is 2. The Hall–Kier alpha value is -2.86. The molecule has 0 bridgehead atoms. The molecule has 1 N–H and O–H groups in total. The Morgan fingerprint density at radius 2 is 2.04 bits per heavy atom. The van der Waals surface area contributed by atoms with Gasteiger partial charge >= 0.3 is 5.97 Å². The fourth-order valence-electron chi connectivity index (χ4n) is 2.50. The van der Waals surface area contributed by atoms with Gasteiger partial charge in [-0.3, -0.25) is 0 Å². The fourth-order valence-corrected chi connectivity index (χ4v) is 2.68. The van der Waals surface area contributed by atoms with Crippen LogP contribution in [0.2, 0.25) is 5.02 Å². The van der Waals surface area contributed by atoms with Crippen molar-refractivity contribution in [3.8, 4) is 5.75 Å². The van der Waals surface area contributed by atoms with E-state index in [-0.39, 0.29) is 10.7 Å². The van der Waals surface area contributed by atoms with Crippen molar-refractivity contribution in [2.75, 3.05) is 19.0 Å². The molecule has 134 valence electrons. The van der Waals surface area contributed by atoms with Crippen molar-refractivity contribution >= 4 is 39.8 Å². The number of aromatic nitrogens is 1. The van der Waals surface area contributed by atoms with Crippen LogP contribution in [0.5, 0.6) is 5.75 Å². The summed E-state index contributed by atoms with van der Waals surface area (Å²) in [6, 6.07) is 11.2. The molecule has 1 aromatic heterocycles. The van der Waals surface area contributed by atoms with Gasteiger partial charge in [0, 0.05) is 11.1 Å². The maximum Gasteiger partial charge on any atom is 0.356 e. The first-order valence-electron chi connectivity index (χ1n) is 7.89. The molecule has 0 unspecified atom stereocenters. The van der Waals surface area contributed by atoms with Gasteiger partial charge in [-0.15, -0.1) is 0 Å². The molecule has 0 saturated carbocycles. The number of ether oxygens (including phenoxy) is 2. The molecule has 7 heteroatoms. The molecule has 0 aliphatic carbocycles. The van der Waals surface area contributed by atoms with E-state index in [1.54, 1.807) is 24.3 Å². The number of hydrogen-bond donors (Lipinski definition) is 1. The minimum atomic E-state index is -0.555. The maximum absolute atomic E-state index is 13.4. The first-order chi connectivity index (χ1) is 12.5. The normalized spacial score (nSPS) is 10.6. The fraction of sp³-hybridized carbons (Fsp3) is 0.158. The second kappa shape index (κ2) is 7.58. The van der Waals surface area contributed by atoms with Crippen LogP contribution in [0, 0.1) is 5.82 Å². The van der Waals surface area contributed by atoms with Gasteiger partial charge in [0.2, 0.25) is 0 Å². The zero-order valence-corrected chi connectivity index (χ0v) is 14.9. The third-order valence-electron chi connectivity index (χ3n) is 3.68. The third kappa shape index (κ3) is 3.70. The van der Waals surface area contributed by atoms with Gasteiger partial charge in [-0.1, -0.05) is 11.6 Å². The van der Waals surface area contributed by atoms with Gasteiger partial charge in [-0.05, 0) is 49.4 Å². The molecule has 0 aliphatic rings. The van der Waals surface area contributed by atoms with Crippen molar-refractivity contribution in [2.24, 2.45) is 0 Å². The SMILES string of the molecule is CCOc1ccc2nc(C(=O)OC)cc(Nc3ccc(F)c(Cl)c3)c2c1. The number of pyridine rings is 1. The van der Waals surface area contributed by atoms with Crippen LogP contribution in [0.25, 0.3) is 10.9 Å². The number of anilines is 2. The molecule has 0 spiro atoms. The highest BCUT2D eigenvalue weighted by Crippen LogP contribution is 2.31. The summed E-state index contributed by atoms with van der Waals surface area (Å²) in [5, 5.41) is 3.89. The largest absolute Gasteiger partial charge is 0.494 e. The molecule has 0 radical (unpaired) electrons. The molecule has 2 aromatic carbocycles. The predicted octanol–water partition coefficient (Wildman–Crippen LogP) is 4.96. The van der Waals surface area contributed by atoms with E-state index in [2.05, 4.69) is 10.3 Å². The van der Waals surface area contributed by atoms with Crippen molar-refractivity contribution in [2.45, 2.75) is 6.92 Å². The average molecular weight is 375 g/mol. The molecule has 0 aliphatic heterocycles. The Morgan fingerprint density at radius 3 is 2.73 bits per heavy atom. The van der Waals surface area contributed by atoms with Gasteiger partial charge in [0.25, 0.3) is 0 Å². The zero-order valence-electron chi connectivity index (χ0n) is 14.2. The number of carbonyl (C=O) groups excluding carboxylic acids is 1. The molecular formula is C19H16ClFN2O3. The Labute approximate surface area is 154 Å². The summed E-state index contributed by atoms with van der Waals surface area (Å²) in [5.74, 6) is -0.389. The summed E-state index contributed by atoms with van der Waals surface area (Å²) in [6.07, 6.45) is 0. The third-order valence-corrected chi connectivity index (χ3v) is 3.97. The van der Waals surface area contributed by atoms with E-state index < -0.39 is 11.8 Å². The Morgan fingerprint density at radius 1 is 1.23 bits per heavy atom. The van der Waals surface area contributed by atoms with Crippen molar-refractivity contribution in [3.63, 3.8) is 0 Å². The van der Waals surface area contributed by atoms with E-state index in [0.717, 1.165) is 5.39 Å². The number of nitrogens with one attached hydrogen (secondary N) is 1. The van der Waals surface area contributed by atoms with Crippen LogP contribution in [-0.4, -0.2) is 24.7 Å². The van der Waals surface area contributed by atoms with E-state index in [9.17, 15) is 9.18 Å². The van der Waals surface area contributed by atoms with E-state index in [1.807, 2.05) is 13.0 Å².